The van der Waals surface area contributed by atoms with Crippen LogP contribution in [0.15, 0.2) is 18.2 Å². The first-order valence-electron chi connectivity index (χ1n) is 4.01. The predicted molar refractivity (Wildman–Crippen MR) is 50.2 cm³/mol. The van der Waals surface area contributed by atoms with Gasteiger partial charge in [0, 0.05) is 5.56 Å². The van der Waals surface area contributed by atoms with Crippen molar-refractivity contribution in [2.75, 3.05) is 0 Å². The smallest absolute Gasteiger partial charge is 0.231 e. The first-order chi connectivity index (χ1) is 6.35. The van der Waals surface area contributed by atoms with E-state index in [1.54, 1.807) is 0 Å². The number of rotatable bonds is 2. The van der Waals surface area contributed by atoms with E-state index in [9.17, 15) is 13.6 Å². The largest absolute Gasteiger partial charge is 0.280 e. The second-order valence-corrected chi connectivity index (χ2v) is 3.87. The fraction of sp³-hybridized carbons (Fsp3) is 0.300. The highest BCUT2D eigenvalue weighted by Crippen LogP contribution is 2.28. The molecule has 0 aromatic heterocycles. The third-order valence-corrected chi connectivity index (χ3v) is 2.57. The van der Waals surface area contributed by atoms with Gasteiger partial charge < -0.3 is 0 Å². The minimum atomic E-state index is -1.21. The standard InChI is InChI=1S/C10H9ClF2O/c1-10(2,9(11)14)7-5-6(12)3-4-8(7)13/h3-5H,1-2H3. The first kappa shape index (κ1) is 11.1. The average molecular weight is 219 g/mol. The van der Waals surface area contributed by atoms with E-state index in [0.717, 1.165) is 18.2 Å². The lowest BCUT2D eigenvalue weighted by molar-refractivity contribution is -0.115. The Hall–Kier alpha value is -0.960. The molecule has 1 rings (SSSR count). The summed E-state index contributed by atoms with van der Waals surface area (Å²) in [7, 11) is 0. The molecule has 14 heavy (non-hydrogen) atoms. The van der Waals surface area contributed by atoms with E-state index in [2.05, 4.69) is 0 Å². The fourth-order valence-electron chi connectivity index (χ4n) is 1.08. The maximum atomic E-state index is 13.2. The Morgan fingerprint density at radius 3 is 2.43 bits per heavy atom. The van der Waals surface area contributed by atoms with Crippen LogP contribution in [0.1, 0.15) is 19.4 Å². The molecule has 0 atom stereocenters. The molecule has 1 aromatic rings. The monoisotopic (exact) mass is 218 g/mol. The highest BCUT2D eigenvalue weighted by molar-refractivity contribution is 6.65. The molecule has 0 fully saturated rings. The molecular formula is C10H9ClF2O. The summed E-state index contributed by atoms with van der Waals surface area (Å²) < 4.78 is 26.1. The van der Waals surface area contributed by atoms with Crippen molar-refractivity contribution < 1.29 is 13.6 Å². The first-order valence-corrected chi connectivity index (χ1v) is 4.39. The van der Waals surface area contributed by atoms with Gasteiger partial charge in [-0.3, -0.25) is 4.79 Å². The summed E-state index contributed by atoms with van der Waals surface area (Å²) >= 11 is 5.30. The van der Waals surface area contributed by atoms with Crippen molar-refractivity contribution in [3.05, 3.63) is 35.4 Å². The average Bonchev–Trinajstić information content (AvgIpc) is 2.08. The van der Waals surface area contributed by atoms with Crippen LogP contribution >= 0.6 is 11.6 Å². The lowest BCUT2D eigenvalue weighted by Gasteiger charge is -2.20. The Balaban J connectivity index is 3.31. The molecule has 0 radical (unpaired) electrons. The highest BCUT2D eigenvalue weighted by Gasteiger charge is 2.31. The van der Waals surface area contributed by atoms with Crippen molar-refractivity contribution >= 4 is 16.8 Å². The molecule has 0 N–H and O–H groups in total. The van der Waals surface area contributed by atoms with Crippen LogP contribution in [0.25, 0.3) is 0 Å². The van der Waals surface area contributed by atoms with Gasteiger partial charge in [-0.05, 0) is 43.6 Å². The number of hydrogen-bond acceptors (Lipinski definition) is 1. The minimum absolute atomic E-state index is 0.0301. The fourth-order valence-corrected chi connectivity index (χ4v) is 1.18. The summed E-state index contributed by atoms with van der Waals surface area (Å²) in [4.78, 5) is 11.0. The van der Waals surface area contributed by atoms with Gasteiger partial charge in [0.05, 0.1) is 5.41 Å². The van der Waals surface area contributed by atoms with Crippen LogP contribution in [0.2, 0.25) is 0 Å². The van der Waals surface area contributed by atoms with Crippen molar-refractivity contribution in [3.8, 4) is 0 Å². The SMILES string of the molecule is CC(C)(C(=O)Cl)c1cc(F)ccc1F. The molecule has 0 amide bonds. The van der Waals surface area contributed by atoms with E-state index in [4.69, 9.17) is 11.6 Å². The number of halogens is 3. The van der Waals surface area contributed by atoms with E-state index in [0.29, 0.717) is 0 Å². The Morgan fingerprint density at radius 2 is 1.93 bits per heavy atom. The minimum Gasteiger partial charge on any atom is -0.280 e. The molecule has 0 aliphatic carbocycles. The van der Waals surface area contributed by atoms with E-state index in [1.807, 2.05) is 0 Å². The van der Waals surface area contributed by atoms with E-state index in [1.165, 1.54) is 13.8 Å². The van der Waals surface area contributed by atoms with Crippen LogP contribution in [0.5, 0.6) is 0 Å². The summed E-state index contributed by atoms with van der Waals surface area (Å²) in [6, 6.07) is 2.95. The Labute approximate surface area is 85.7 Å². The molecule has 1 nitrogen and oxygen atoms in total. The van der Waals surface area contributed by atoms with Gasteiger partial charge >= 0.3 is 0 Å². The predicted octanol–water partition coefficient (Wildman–Crippen LogP) is 3.01. The molecule has 0 bridgehead atoms. The summed E-state index contributed by atoms with van der Waals surface area (Å²) in [6.07, 6.45) is 0. The molecule has 0 saturated carbocycles. The van der Waals surface area contributed by atoms with Gasteiger partial charge in [0.25, 0.3) is 0 Å². The number of benzene rings is 1. The Bertz CT molecular complexity index is 374. The summed E-state index contributed by atoms with van der Waals surface area (Å²) in [5.74, 6) is -1.22. The molecule has 0 heterocycles. The van der Waals surface area contributed by atoms with E-state index in [-0.39, 0.29) is 5.56 Å². The van der Waals surface area contributed by atoms with Gasteiger partial charge in [-0.2, -0.15) is 0 Å². The second-order valence-electron chi connectivity index (χ2n) is 3.52. The van der Waals surface area contributed by atoms with Crippen molar-refractivity contribution in [1.82, 2.24) is 0 Å². The maximum absolute atomic E-state index is 13.2. The molecule has 76 valence electrons. The Morgan fingerprint density at radius 1 is 1.36 bits per heavy atom. The van der Waals surface area contributed by atoms with Crippen molar-refractivity contribution in [2.24, 2.45) is 0 Å². The van der Waals surface area contributed by atoms with Crippen LogP contribution in [0, 0.1) is 11.6 Å². The molecule has 0 unspecified atom stereocenters. The van der Waals surface area contributed by atoms with Crippen LogP contribution in [-0.4, -0.2) is 5.24 Å². The van der Waals surface area contributed by atoms with Gasteiger partial charge in [-0.15, -0.1) is 0 Å². The summed E-state index contributed by atoms with van der Waals surface area (Å²) in [6.45, 7) is 2.89. The maximum Gasteiger partial charge on any atom is 0.231 e. The lowest BCUT2D eigenvalue weighted by atomic mass is 9.85. The van der Waals surface area contributed by atoms with Gasteiger partial charge in [-0.25, -0.2) is 8.78 Å². The van der Waals surface area contributed by atoms with Gasteiger partial charge in [0.1, 0.15) is 11.6 Å². The van der Waals surface area contributed by atoms with Gasteiger partial charge in [0.2, 0.25) is 5.24 Å². The van der Waals surface area contributed by atoms with Crippen LogP contribution in [0.3, 0.4) is 0 Å². The second kappa shape index (κ2) is 3.65. The van der Waals surface area contributed by atoms with Crippen molar-refractivity contribution in [1.29, 1.82) is 0 Å². The number of hydrogen-bond donors (Lipinski definition) is 0. The van der Waals surface area contributed by atoms with Crippen molar-refractivity contribution in [3.63, 3.8) is 0 Å². The normalized spacial score (nSPS) is 11.5. The number of carbonyl (C=O) groups is 1. The zero-order valence-corrected chi connectivity index (χ0v) is 8.53. The molecular weight excluding hydrogens is 210 g/mol. The van der Waals surface area contributed by atoms with Gasteiger partial charge in [-0.1, -0.05) is 0 Å². The van der Waals surface area contributed by atoms with Crippen LogP contribution in [-0.2, 0) is 10.2 Å². The summed E-state index contributed by atoms with van der Waals surface area (Å²) in [5.41, 5.74) is -1.24. The third kappa shape index (κ3) is 1.93. The van der Waals surface area contributed by atoms with Crippen molar-refractivity contribution in [2.45, 2.75) is 19.3 Å². The molecule has 4 heteroatoms. The molecule has 0 spiro atoms. The lowest BCUT2D eigenvalue weighted by Crippen LogP contribution is -2.26. The summed E-state index contributed by atoms with van der Waals surface area (Å²) in [5, 5.41) is -0.720. The quantitative estimate of drug-likeness (QED) is 0.698. The number of carbonyl (C=O) groups excluding carboxylic acids is 1. The molecule has 0 aliphatic rings. The van der Waals surface area contributed by atoms with E-state index < -0.39 is 22.3 Å². The third-order valence-electron chi connectivity index (χ3n) is 2.09. The molecule has 1 aromatic carbocycles. The highest BCUT2D eigenvalue weighted by atomic mass is 35.5. The Kier molecular flexibility index (Phi) is 2.90. The zero-order valence-electron chi connectivity index (χ0n) is 7.77. The van der Waals surface area contributed by atoms with Crippen LogP contribution < -0.4 is 0 Å². The molecule has 0 saturated heterocycles. The zero-order chi connectivity index (χ0) is 10.9. The topological polar surface area (TPSA) is 17.1 Å². The van der Waals surface area contributed by atoms with Gasteiger partial charge in [0.15, 0.2) is 0 Å². The van der Waals surface area contributed by atoms with Crippen LogP contribution in [0.4, 0.5) is 8.78 Å². The molecule has 0 aliphatic heterocycles. The van der Waals surface area contributed by atoms with E-state index >= 15 is 0 Å².